The van der Waals surface area contributed by atoms with Gasteiger partial charge in [-0.25, -0.2) is 20.4 Å². The van der Waals surface area contributed by atoms with Crippen LogP contribution in [0, 0.1) is 11.8 Å². The van der Waals surface area contributed by atoms with E-state index in [0.717, 1.165) is 110 Å². The van der Waals surface area contributed by atoms with E-state index in [-0.39, 0.29) is 17.4 Å². The Labute approximate surface area is 340 Å². The number of anilines is 3. The van der Waals surface area contributed by atoms with Crippen LogP contribution in [0.4, 0.5) is 17.2 Å². The maximum absolute atomic E-state index is 12.6. The SMILES string of the molecule is CC1(Oc2ccc3c(c2)C(C)(c2cc(N4CCC(CN5CCN(CC6CCN(c7cccc8c7ncn8C7CCC(=O)NC7=O)CC6)CC5)CC4)ncn2)NN3)CC1. The van der Waals surface area contributed by atoms with Gasteiger partial charge in [0.15, 0.2) is 0 Å². The topological polar surface area (TPSA) is 136 Å². The third kappa shape index (κ3) is 7.39. The minimum atomic E-state index is -0.488. The average molecular weight is 788 g/mol. The van der Waals surface area contributed by atoms with E-state index in [9.17, 15) is 9.59 Å². The van der Waals surface area contributed by atoms with E-state index in [0.29, 0.717) is 24.7 Å². The Bertz CT molecular complexity index is 2160. The summed E-state index contributed by atoms with van der Waals surface area (Å²) in [7, 11) is 0. The quantitative estimate of drug-likeness (QED) is 0.193. The molecule has 306 valence electrons. The van der Waals surface area contributed by atoms with Crippen molar-refractivity contribution in [2.75, 3.05) is 80.7 Å². The lowest BCUT2D eigenvalue weighted by Gasteiger charge is -2.41. The molecule has 1 saturated carbocycles. The minimum absolute atomic E-state index is 0.0248. The van der Waals surface area contributed by atoms with E-state index < -0.39 is 11.6 Å². The lowest BCUT2D eigenvalue weighted by Crippen LogP contribution is -2.50. The van der Waals surface area contributed by atoms with Gasteiger partial charge in [-0.15, -0.1) is 0 Å². The van der Waals surface area contributed by atoms with Crippen LogP contribution < -0.4 is 30.7 Å². The first-order valence-electron chi connectivity index (χ1n) is 21.6. The number of nitrogens with zero attached hydrogens (tertiary/aromatic N) is 8. The summed E-state index contributed by atoms with van der Waals surface area (Å²) in [5, 5.41) is 2.49. The van der Waals surface area contributed by atoms with Crippen LogP contribution in [0.15, 0.2) is 55.1 Å². The van der Waals surface area contributed by atoms with Crippen molar-refractivity contribution < 1.29 is 14.3 Å². The lowest BCUT2D eigenvalue weighted by molar-refractivity contribution is -0.135. The summed E-state index contributed by atoms with van der Waals surface area (Å²) in [6.07, 6.45) is 11.3. The van der Waals surface area contributed by atoms with Crippen LogP contribution in [0.1, 0.15) is 82.5 Å². The molecule has 2 amide bonds. The smallest absolute Gasteiger partial charge is 0.249 e. The van der Waals surface area contributed by atoms with Gasteiger partial charge in [0.1, 0.15) is 40.6 Å². The van der Waals surface area contributed by atoms with Crippen molar-refractivity contribution in [3.63, 3.8) is 0 Å². The summed E-state index contributed by atoms with van der Waals surface area (Å²) < 4.78 is 8.25. The average Bonchev–Trinajstić information content (AvgIpc) is 3.65. The molecule has 2 unspecified atom stereocenters. The highest BCUT2D eigenvalue weighted by Gasteiger charge is 2.42. The number of aromatic nitrogens is 4. The highest BCUT2D eigenvalue weighted by molar-refractivity contribution is 6.00. The summed E-state index contributed by atoms with van der Waals surface area (Å²) >= 11 is 0. The molecule has 2 aromatic carbocycles. The fourth-order valence-corrected chi connectivity index (χ4v) is 10.0. The normalized spacial score (nSPS) is 25.8. The molecule has 2 aromatic heterocycles. The molecule has 0 bridgehead atoms. The van der Waals surface area contributed by atoms with Gasteiger partial charge in [0.2, 0.25) is 11.8 Å². The summed E-state index contributed by atoms with van der Waals surface area (Å²) in [6, 6.07) is 14.4. The van der Waals surface area contributed by atoms with Gasteiger partial charge in [-0.2, -0.15) is 0 Å². The Morgan fingerprint density at radius 1 is 0.793 bits per heavy atom. The number of fused-ring (bicyclic) bond motifs is 2. The Hall–Kier alpha value is -4.79. The fourth-order valence-electron chi connectivity index (χ4n) is 10.0. The third-order valence-corrected chi connectivity index (χ3v) is 14.0. The van der Waals surface area contributed by atoms with Crippen molar-refractivity contribution in [2.24, 2.45) is 11.8 Å². The van der Waals surface area contributed by atoms with Gasteiger partial charge in [0.25, 0.3) is 0 Å². The maximum atomic E-state index is 12.6. The lowest BCUT2D eigenvalue weighted by atomic mass is 9.89. The number of para-hydroxylation sites is 1. The number of imide groups is 1. The van der Waals surface area contributed by atoms with Crippen molar-refractivity contribution in [3.8, 4) is 5.75 Å². The van der Waals surface area contributed by atoms with Crippen molar-refractivity contribution >= 4 is 40.0 Å². The number of amides is 2. The second-order valence-corrected chi connectivity index (χ2v) is 18.1. The zero-order chi connectivity index (χ0) is 39.4. The minimum Gasteiger partial charge on any atom is -0.488 e. The molecule has 0 spiro atoms. The standard InChI is InChI=1S/C44H57N11O3/c1-43(14-15-43)58-32-6-7-34-33(24-32)44(2,50-49-34)38-25-39(46-28-45-38)54-18-12-31(13-19-54)27-52-22-20-51(21-23-52)26-30-10-16-53(17-11-30)35-4-3-5-36-41(35)47-29-55(36)37-8-9-40(56)48-42(37)57/h3-7,24-25,28-31,37,49-50H,8-23,26-27H2,1-2H3,(H,48,56,57). The molecule has 3 N–H and O–H groups in total. The van der Waals surface area contributed by atoms with E-state index in [2.05, 4.69) is 86.0 Å². The van der Waals surface area contributed by atoms with Crippen molar-refractivity contribution in [1.29, 1.82) is 0 Å². The first kappa shape index (κ1) is 37.5. The molecular formula is C44H57N11O3. The first-order valence-corrected chi connectivity index (χ1v) is 21.6. The predicted molar refractivity (Wildman–Crippen MR) is 224 cm³/mol. The number of rotatable bonds is 10. The van der Waals surface area contributed by atoms with Gasteiger partial charge in [0, 0.05) is 83.5 Å². The van der Waals surface area contributed by atoms with Crippen LogP contribution in [0.2, 0.25) is 0 Å². The Kier molecular flexibility index (Phi) is 9.76. The number of carbonyl (C=O) groups excluding carboxylic acids is 2. The zero-order valence-corrected chi connectivity index (χ0v) is 34.0. The van der Waals surface area contributed by atoms with Crippen molar-refractivity contribution in [3.05, 3.63) is 66.4 Å². The monoisotopic (exact) mass is 787 g/mol. The first-order chi connectivity index (χ1) is 28.2. The second kappa shape index (κ2) is 15.1. The number of piperidine rings is 3. The molecule has 0 radical (unpaired) electrons. The van der Waals surface area contributed by atoms with E-state index in [1.165, 1.54) is 38.8 Å². The van der Waals surface area contributed by atoms with E-state index in [4.69, 9.17) is 19.7 Å². The number of hydrogen-bond donors (Lipinski definition) is 3. The van der Waals surface area contributed by atoms with Gasteiger partial charge in [0.05, 0.1) is 28.9 Å². The molecular weight excluding hydrogens is 731 g/mol. The number of ether oxygens (including phenoxy) is 1. The molecule has 5 fully saturated rings. The summed E-state index contributed by atoms with van der Waals surface area (Å²) in [5.41, 5.74) is 12.6. The largest absolute Gasteiger partial charge is 0.488 e. The van der Waals surface area contributed by atoms with Crippen molar-refractivity contribution in [1.82, 2.24) is 40.1 Å². The third-order valence-electron chi connectivity index (χ3n) is 14.0. The van der Waals surface area contributed by atoms with Gasteiger partial charge in [-0.1, -0.05) is 6.07 Å². The molecule has 2 atom stereocenters. The number of hydrazine groups is 1. The number of piperazine rings is 1. The molecule has 14 nitrogen and oxygen atoms in total. The van der Waals surface area contributed by atoms with Crippen molar-refractivity contribution in [2.45, 2.75) is 82.4 Å². The molecule has 4 saturated heterocycles. The van der Waals surface area contributed by atoms with Crippen LogP contribution in [-0.4, -0.2) is 112 Å². The van der Waals surface area contributed by atoms with Gasteiger partial charge in [-0.05, 0) is 101 Å². The van der Waals surface area contributed by atoms with Crippen LogP contribution in [-0.2, 0) is 15.1 Å². The van der Waals surface area contributed by atoms with Gasteiger partial charge < -0.3 is 34.3 Å². The predicted octanol–water partition coefficient (Wildman–Crippen LogP) is 4.68. The van der Waals surface area contributed by atoms with E-state index >= 15 is 0 Å². The summed E-state index contributed by atoms with van der Waals surface area (Å²) in [6.45, 7) is 15.4. The maximum Gasteiger partial charge on any atom is 0.249 e. The number of hydrogen-bond acceptors (Lipinski definition) is 12. The van der Waals surface area contributed by atoms with Crippen LogP contribution in [0.25, 0.3) is 11.0 Å². The van der Waals surface area contributed by atoms with Gasteiger partial charge >= 0.3 is 0 Å². The number of benzene rings is 2. The summed E-state index contributed by atoms with van der Waals surface area (Å²) in [4.78, 5) is 48.9. The molecule has 5 aliphatic heterocycles. The highest BCUT2D eigenvalue weighted by atomic mass is 16.5. The van der Waals surface area contributed by atoms with Crippen LogP contribution in [0.3, 0.4) is 0 Å². The fraction of sp³-hybridized carbons (Fsp3) is 0.568. The van der Waals surface area contributed by atoms with Crippen LogP contribution in [0.5, 0.6) is 5.75 Å². The molecule has 4 aromatic rings. The van der Waals surface area contributed by atoms with E-state index in [1.54, 1.807) is 12.7 Å². The molecule has 7 heterocycles. The second-order valence-electron chi connectivity index (χ2n) is 18.1. The Morgan fingerprint density at radius 2 is 1.50 bits per heavy atom. The number of imidazole rings is 1. The highest BCUT2D eigenvalue weighted by Crippen LogP contribution is 2.44. The number of nitrogens with one attached hydrogen (secondary N) is 3. The molecule has 1 aliphatic carbocycles. The summed E-state index contributed by atoms with van der Waals surface area (Å²) in [5.74, 6) is 2.91. The zero-order valence-electron chi connectivity index (χ0n) is 34.0. The Balaban J connectivity index is 0.676. The molecule has 58 heavy (non-hydrogen) atoms. The number of carbonyl (C=O) groups is 2. The van der Waals surface area contributed by atoms with Crippen LogP contribution >= 0.6 is 0 Å². The van der Waals surface area contributed by atoms with Gasteiger partial charge in [-0.3, -0.25) is 14.9 Å². The molecule has 6 aliphatic rings. The molecule has 14 heteroatoms. The van der Waals surface area contributed by atoms with E-state index in [1.807, 2.05) is 10.6 Å². The molecule has 10 rings (SSSR count). The Morgan fingerprint density at radius 3 is 2.19 bits per heavy atom.